The number of carbonyl (C=O) groups is 2. The summed E-state index contributed by atoms with van der Waals surface area (Å²) in [5.74, 6) is 0.831. The van der Waals surface area contributed by atoms with Gasteiger partial charge in [0.1, 0.15) is 11.5 Å². The van der Waals surface area contributed by atoms with Gasteiger partial charge in [-0.2, -0.15) is 0 Å². The van der Waals surface area contributed by atoms with Crippen LogP contribution in [-0.4, -0.2) is 18.4 Å². The first-order valence-electron chi connectivity index (χ1n) is 9.15. The van der Waals surface area contributed by atoms with Crippen molar-refractivity contribution in [3.05, 3.63) is 88.7 Å². The molecule has 3 rings (SSSR count). The molecule has 0 bridgehead atoms. The molecule has 4 nitrogen and oxygen atoms in total. The molecule has 0 fully saturated rings. The van der Waals surface area contributed by atoms with E-state index in [0.717, 1.165) is 16.7 Å². The second-order valence-corrected chi connectivity index (χ2v) is 6.50. The van der Waals surface area contributed by atoms with Gasteiger partial charge < -0.3 is 9.15 Å². The first-order chi connectivity index (χ1) is 13.5. The van der Waals surface area contributed by atoms with E-state index >= 15 is 0 Å². The third kappa shape index (κ3) is 4.46. The Balaban J connectivity index is 1.71. The molecule has 0 N–H and O–H groups in total. The van der Waals surface area contributed by atoms with Gasteiger partial charge in [0, 0.05) is 11.1 Å². The van der Waals surface area contributed by atoms with E-state index in [4.69, 9.17) is 9.15 Å². The molecule has 0 atom stereocenters. The predicted molar refractivity (Wildman–Crippen MR) is 109 cm³/mol. The van der Waals surface area contributed by atoms with E-state index in [1.165, 1.54) is 6.08 Å². The topological polar surface area (TPSA) is 56.5 Å². The van der Waals surface area contributed by atoms with E-state index in [2.05, 4.69) is 0 Å². The van der Waals surface area contributed by atoms with E-state index in [-0.39, 0.29) is 11.8 Å². The van der Waals surface area contributed by atoms with Gasteiger partial charge in [-0.05, 0) is 74.4 Å². The van der Waals surface area contributed by atoms with Crippen molar-refractivity contribution in [1.82, 2.24) is 0 Å². The van der Waals surface area contributed by atoms with Crippen molar-refractivity contribution in [1.29, 1.82) is 0 Å². The van der Waals surface area contributed by atoms with Crippen molar-refractivity contribution in [2.24, 2.45) is 0 Å². The summed E-state index contributed by atoms with van der Waals surface area (Å²) < 4.78 is 10.8. The van der Waals surface area contributed by atoms with Gasteiger partial charge in [0.25, 0.3) is 0 Å². The lowest BCUT2D eigenvalue weighted by Gasteiger charge is -2.02. The third-order valence-electron chi connectivity index (χ3n) is 4.50. The van der Waals surface area contributed by atoms with Crippen molar-refractivity contribution in [3.8, 4) is 11.3 Å². The van der Waals surface area contributed by atoms with Crippen LogP contribution >= 0.6 is 0 Å². The largest absolute Gasteiger partial charge is 0.462 e. The Hall–Kier alpha value is -3.40. The molecule has 2 aromatic carbocycles. The SMILES string of the molecule is CCOC(=O)c1ccc(-c2ccc(/C=C/C(=O)c3ccc(C)c(C)c3)o2)cc1. The van der Waals surface area contributed by atoms with Gasteiger partial charge in [0.15, 0.2) is 5.78 Å². The van der Waals surface area contributed by atoms with Gasteiger partial charge in [0.2, 0.25) is 0 Å². The van der Waals surface area contributed by atoms with Crippen LogP contribution in [0.5, 0.6) is 0 Å². The second kappa shape index (κ2) is 8.53. The zero-order valence-corrected chi connectivity index (χ0v) is 16.2. The standard InChI is InChI=1S/C24H22O4/c1-4-27-24(26)19-9-7-18(8-10-19)23-14-12-21(28-23)11-13-22(25)20-6-5-16(2)17(3)15-20/h5-15H,4H2,1-3H3/b13-11+. The average molecular weight is 374 g/mol. The Morgan fingerprint density at radius 1 is 0.929 bits per heavy atom. The molecule has 4 heteroatoms. The maximum Gasteiger partial charge on any atom is 0.338 e. The lowest BCUT2D eigenvalue weighted by atomic mass is 10.0. The molecule has 0 aliphatic rings. The number of ether oxygens (including phenoxy) is 1. The summed E-state index contributed by atoms with van der Waals surface area (Å²) in [6, 6.07) is 16.3. The Kier molecular flexibility index (Phi) is 5.90. The number of benzene rings is 2. The summed E-state index contributed by atoms with van der Waals surface area (Å²) >= 11 is 0. The lowest BCUT2D eigenvalue weighted by Crippen LogP contribution is -2.03. The number of hydrogen-bond donors (Lipinski definition) is 0. The summed E-state index contributed by atoms with van der Waals surface area (Å²) in [5.41, 5.74) is 4.24. The Bertz CT molecular complexity index is 1020. The summed E-state index contributed by atoms with van der Waals surface area (Å²) in [6.45, 7) is 6.12. The molecule has 28 heavy (non-hydrogen) atoms. The minimum absolute atomic E-state index is 0.0696. The highest BCUT2D eigenvalue weighted by atomic mass is 16.5. The van der Waals surface area contributed by atoms with Crippen LogP contribution in [0.4, 0.5) is 0 Å². The number of rotatable bonds is 6. The van der Waals surface area contributed by atoms with Crippen LogP contribution in [0.2, 0.25) is 0 Å². The van der Waals surface area contributed by atoms with Gasteiger partial charge in [-0.25, -0.2) is 4.79 Å². The van der Waals surface area contributed by atoms with E-state index in [9.17, 15) is 9.59 Å². The number of allylic oxidation sites excluding steroid dienone is 1. The minimum Gasteiger partial charge on any atom is -0.462 e. The smallest absolute Gasteiger partial charge is 0.338 e. The number of hydrogen-bond acceptors (Lipinski definition) is 4. The molecule has 1 aromatic heterocycles. The van der Waals surface area contributed by atoms with E-state index in [1.54, 1.807) is 43.3 Å². The Morgan fingerprint density at radius 2 is 1.64 bits per heavy atom. The maximum absolute atomic E-state index is 12.3. The molecule has 142 valence electrons. The van der Waals surface area contributed by atoms with Gasteiger partial charge in [-0.3, -0.25) is 4.79 Å². The fraction of sp³-hybridized carbons (Fsp3) is 0.167. The fourth-order valence-corrected chi connectivity index (χ4v) is 2.73. The Morgan fingerprint density at radius 3 is 2.32 bits per heavy atom. The molecular weight excluding hydrogens is 352 g/mol. The quantitative estimate of drug-likeness (QED) is 0.318. The normalized spacial score (nSPS) is 11.0. The first kappa shape index (κ1) is 19.4. The second-order valence-electron chi connectivity index (χ2n) is 6.50. The highest BCUT2D eigenvalue weighted by molar-refractivity contribution is 6.06. The zero-order chi connectivity index (χ0) is 20.1. The number of ketones is 1. The van der Waals surface area contributed by atoms with Gasteiger partial charge >= 0.3 is 5.97 Å². The van der Waals surface area contributed by atoms with Crippen LogP contribution in [0.25, 0.3) is 17.4 Å². The third-order valence-corrected chi connectivity index (χ3v) is 4.50. The number of esters is 1. The molecule has 0 aliphatic carbocycles. The Labute approximate surface area is 164 Å². The molecule has 0 spiro atoms. The summed E-state index contributed by atoms with van der Waals surface area (Å²) in [7, 11) is 0. The van der Waals surface area contributed by atoms with E-state index in [1.807, 2.05) is 38.1 Å². The van der Waals surface area contributed by atoms with Crippen LogP contribution < -0.4 is 0 Å². The predicted octanol–water partition coefficient (Wildman–Crippen LogP) is 5.64. The van der Waals surface area contributed by atoms with Crippen LogP contribution in [0, 0.1) is 13.8 Å². The summed E-state index contributed by atoms with van der Waals surface area (Å²) in [5, 5.41) is 0. The van der Waals surface area contributed by atoms with Crippen molar-refractivity contribution >= 4 is 17.8 Å². The lowest BCUT2D eigenvalue weighted by molar-refractivity contribution is 0.0526. The zero-order valence-electron chi connectivity index (χ0n) is 16.2. The maximum atomic E-state index is 12.3. The van der Waals surface area contributed by atoms with Gasteiger partial charge in [0.05, 0.1) is 12.2 Å². The van der Waals surface area contributed by atoms with Crippen LogP contribution in [-0.2, 0) is 4.74 Å². The van der Waals surface area contributed by atoms with Crippen LogP contribution in [0.15, 0.2) is 65.1 Å². The molecule has 0 radical (unpaired) electrons. The molecule has 0 saturated carbocycles. The monoisotopic (exact) mass is 374 g/mol. The van der Waals surface area contributed by atoms with Crippen LogP contribution in [0.1, 0.15) is 44.5 Å². The molecule has 0 saturated heterocycles. The highest BCUT2D eigenvalue weighted by Crippen LogP contribution is 2.23. The highest BCUT2D eigenvalue weighted by Gasteiger charge is 2.09. The van der Waals surface area contributed by atoms with Crippen molar-refractivity contribution in [2.75, 3.05) is 6.61 Å². The fourth-order valence-electron chi connectivity index (χ4n) is 2.73. The molecule has 0 amide bonds. The summed E-state index contributed by atoms with van der Waals surface area (Å²) in [6.07, 6.45) is 3.17. The number of furan rings is 1. The molecule has 0 unspecified atom stereocenters. The van der Waals surface area contributed by atoms with Crippen molar-refractivity contribution < 1.29 is 18.7 Å². The minimum atomic E-state index is -0.345. The molecular formula is C24H22O4. The molecule has 0 aliphatic heterocycles. The van der Waals surface area contributed by atoms with Crippen molar-refractivity contribution in [2.45, 2.75) is 20.8 Å². The molecule has 1 heterocycles. The van der Waals surface area contributed by atoms with Gasteiger partial charge in [-0.15, -0.1) is 0 Å². The van der Waals surface area contributed by atoms with E-state index < -0.39 is 0 Å². The van der Waals surface area contributed by atoms with E-state index in [0.29, 0.717) is 29.3 Å². The van der Waals surface area contributed by atoms with Crippen LogP contribution in [0.3, 0.4) is 0 Å². The average Bonchev–Trinajstić information content (AvgIpc) is 3.17. The summed E-state index contributed by atoms with van der Waals surface area (Å²) in [4.78, 5) is 24.1. The molecule has 3 aromatic rings. The van der Waals surface area contributed by atoms with Crippen molar-refractivity contribution in [3.63, 3.8) is 0 Å². The number of aryl methyl sites for hydroxylation is 2. The first-order valence-corrected chi connectivity index (χ1v) is 9.15. The van der Waals surface area contributed by atoms with Gasteiger partial charge in [-0.1, -0.05) is 24.3 Å². The number of carbonyl (C=O) groups excluding carboxylic acids is 2.